The largest absolute Gasteiger partial charge is 0.353 e. The second-order valence-electron chi connectivity index (χ2n) is 9.52. The van der Waals surface area contributed by atoms with E-state index in [0.29, 0.717) is 16.6 Å². The van der Waals surface area contributed by atoms with E-state index in [1.807, 2.05) is 19.9 Å². The topological polar surface area (TPSA) is 73.5 Å². The molecule has 3 amide bonds. The van der Waals surface area contributed by atoms with Crippen LogP contribution >= 0.6 is 23.2 Å². The van der Waals surface area contributed by atoms with E-state index in [9.17, 15) is 9.59 Å². The first-order chi connectivity index (χ1) is 17.2. The van der Waals surface area contributed by atoms with Crippen molar-refractivity contribution in [2.45, 2.75) is 52.5 Å². The molecule has 0 radical (unpaired) electrons. The molecular weight excluding hydrogens is 495 g/mol. The lowest BCUT2D eigenvalue weighted by Crippen LogP contribution is -2.40. The SMILES string of the molecule is Cc1cc(C)c(NC(=O)N[C@H]2CCN(CCCCCNC(=O)/C=C/c3ccc(Cl)c(Cl)c3)C2)c(C)c1. The number of amides is 3. The number of carbonyl (C=O) groups excluding carboxylic acids is 2. The summed E-state index contributed by atoms with van der Waals surface area (Å²) in [5.41, 5.74) is 5.08. The van der Waals surface area contributed by atoms with Gasteiger partial charge in [-0.1, -0.05) is 53.4 Å². The molecule has 1 saturated heterocycles. The molecular formula is C28H36Cl2N4O2. The predicted molar refractivity (Wildman–Crippen MR) is 150 cm³/mol. The number of likely N-dealkylation sites (tertiary alicyclic amines) is 1. The van der Waals surface area contributed by atoms with Crippen molar-refractivity contribution in [2.75, 3.05) is 31.5 Å². The Morgan fingerprint density at radius 1 is 1.03 bits per heavy atom. The fourth-order valence-corrected chi connectivity index (χ4v) is 4.87. The van der Waals surface area contributed by atoms with Crippen molar-refractivity contribution < 1.29 is 9.59 Å². The van der Waals surface area contributed by atoms with E-state index in [0.717, 1.165) is 67.7 Å². The van der Waals surface area contributed by atoms with Crippen molar-refractivity contribution in [3.05, 3.63) is 68.7 Å². The number of carbonyl (C=O) groups is 2. The molecule has 1 atom stereocenters. The van der Waals surface area contributed by atoms with Crippen LogP contribution < -0.4 is 16.0 Å². The summed E-state index contributed by atoms with van der Waals surface area (Å²) in [6.45, 7) is 9.61. The van der Waals surface area contributed by atoms with Crippen LogP contribution in [0.25, 0.3) is 6.08 Å². The number of urea groups is 1. The molecule has 3 rings (SSSR count). The monoisotopic (exact) mass is 530 g/mol. The summed E-state index contributed by atoms with van der Waals surface area (Å²) in [5.74, 6) is -0.121. The first-order valence-corrected chi connectivity index (χ1v) is 13.3. The molecule has 2 aromatic rings. The molecule has 0 aromatic heterocycles. The van der Waals surface area contributed by atoms with E-state index in [1.165, 1.54) is 11.6 Å². The number of benzene rings is 2. The minimum absolute atomic E-state index is 0.121. The molecule has 8 heteroatoms. The first-order valence-electron chi connectivity index (χ1n) is 12.5. The number of hydrogen-bond donors (Lipinski definition) is 3. The second-order valence-corrected chi connectivity index (χ2v) is 10.3. The number of hydrogen-bond acceptors (Lipinski definition) is 3. The number of unbranched alkanes of at least 4 members (excludes halogenated alkanes) is 2. The lowest BCUT2D eigenvalue weighted by atomic mass is 10.1. The zero-order chi connectivity index (χ0) is 26.1. The summed E-state index contributed by atoms with van der Waals surface area (Å²) in [6.07, 6.45) is 7.22. The maximum absolute atomic E-state index is 12.5. The van der Waals surface area contributed by atoms with Gasteiger partial charge in [-0.05, 0) is 81.5 Å². The molecule has 1 aliphatic heterocycles. The van der Waals surface area contributed by atoms with Crippen LogP contribution in [0.15, 0.2) is 36.4 Å². The van der Waals surface area contributed by atoms with Crippen LogP contribution in [0, 0.1) is 20.8 Å². The van der Waals surface area contributed by atoms with Crippen LogP contribution in [0.5, 0.6) is 0 Å². The Labute approximate surface area is 224 Å². The number of aryl methyl sites for hydroxylation is 3. The zero-order valence-corrected chi connectivity index (χ0v) is 22.8. The van der Waals surface area contributed by atoms with Gasteiger partial charge in [0, 0.05) is 37.4 Å². The van der Waals surface area contributed by atoms with Gasteiger partial charge in [-0.25, -0.2) is 4.79 Å². The van der Waals surface area contributed by atoms with Gasteiger partial charge in [0.1, 0.15) is 0 Å². The molecule has 0 aliphatic carbocycles. The van der Waals surface area contributed by atoms with Gasteiger partial charge in [0.15, 0.2) is 0 Å². The van der Waals surface area contributed by atoms with Crippen LogP contribution in [0.1, 0.15) is 47.9 Å². The molecule has 1 heterocycles. The molecule has 2 aromatic carbocycles. The summed E-state index contributed by atoms with van der Waals surface area (Å²) in [6, 6.07) is 9.44. The third-order valence-electron chi connectivity index (χ3n) is 6.34. The minimum Gasteiger partial charge on any atom is -0.353 e. The summed E-state index contributed by atoms with van der Waals surface area (Å²) in [5, 5.41) is 10.0. The standard InChI is InChI=1S/C28H36Cl2N4O2/c1-19-15-20(2)27(21(3)16-19)33-28(36)32-23-11-14-34(18-23)13-6-4-5-12-31-26(35)10-8-22-7-9-24(29)25(30)17-22/h7-10,15-17,23H,4-6,11-14,18H2,1-3H3,(H,31,35)(H2,32,33,36)/b10-8+/t23-/m0/s1. The molecule has 0 unspecified atom stereocenters. The molecule has 6 nitrogen and oxygen atoms in total. The molecule has 0 bridgehead atoms. The average molecular weight is 532 g/mol. The first kappa shape index (κ1) is 28.0. The molecule has 1 aliphatic rings. The fraction of sp³-hybridized carbons (Fsp3) is 0.429. The average Bonchev–Trinajstić information content (AvgIpc) is 3.26. The summed E-state index contributed by atoms with van der Waals surface area (Å²) in [7, 11) is 0. The lowest BCUT2D eigenvalue weighted by molar-refractivity contribution is -0.116. The molecule has 194 valence electrons. The van der Waals surface area contributed by atoms with E-state index in [2.05, 4.69) is 39.9 Å². The van der Waals surface area contributed by atoms with Crippen molar-refractivity contribution in [1.82, 2.24) is 15.5 Å². The zero-order valence-electron chi connectivity index (χ0n) is 21.3. The third-order valence-corrected chi connectivity index (χ3v) is 7.08. The van der Waals surface area contributed by atoms with Crippen LogP contribution in [0.2, 0.25) is 10.0 Å². The molecule has 36 heavy (non-hydrogen) atoms. The van der Waals surface area contributed by atoms with Gasteiger partial charge in [-0.3, -0.25) is 4.79 Å². The number of nitrogens with one attached hydrogen (secondary N) is 3. The Morgan fingerprint density at radius 3 is 2.50 bits per heavy atom. The van der Waals surface area contributed by atoms with Crippen molar-refractivity contribution in [2.24, 2.45) is 0 Å². The van der Waals surface area contributed by atoms with Gasteiger partial charge in [-0.15, -0.1) is 0 Å². The Morgan fingerprint density at radius 2 is 1.78 bits per heavy atom. The van der Waals surface area contributed by atoms with E-state index in [1.54, 1.807) is 18.2 Å². The van der Waals surface area contributed by atoms with E-state index in [4.69, 9.17) is 23.2 Å². The highest BCUT2D eigenvalue weighted by Gasteiger charge is 2.23. The fourth-order valence-electron chi connectivity index (χ4n) is 4.56. The molecule has 0 spiro atoms. The summed E-state index contributed by atoms with van der Waals surface area (Å²) >= 11 is 11.9. The van der Waals surface area contributed by atoms with Gasteiger partial charge in [0.25, 0.3) is 0 Å². The lowest BCUT2D eigenvalue weighted by Gasteiger charge is -2.18. The number of nitrogens with zero attached hydrogens (tertiary/aromatic N) is 1. The Balaban J connectivity index is 1.27. The van der Waals surface area contributed by atoms with Crippen LogP contribution in [0.4, 0.5) is 10.5 Å². The maximum Gasteiger partial charge on any atom is 0.319 e. The van der Waals surface area contributed by atoms with Gasteiger partial charge in [0.05, 0.1) is 10.0 Å². The van der Waals surface area contributed by atoms with E-state index < -0.39 is 0 Å². The summed E-state index contributed by atoms with van der Waals surface area (Å²) in [4.78, 5) is 26.9. The van der Waals surface area contributed by atoms with Crippen LogP contribution in [-0.4, -0.2) is 49.1 Å². The van der Waals surface area contributed by atoms with Gasteiger partial charge in [0.2, 0.25) is 5.91 Å². The number of halogens is 2. The van der Waals surface area contributed by atoms with Crippen molar-refractivity contribution in [3.63, 3.8) is 0 Å². The number of anilines is 1. The Bertz CT molecular complexity index is 1080. The summed E-state index contributed by atoms with van der Waals surface area (Å²) < 4.78 is 0. The number of rotatable bonds is 10. The molecule has 1 fully saturated rings. The van der Waals surface area contributed by atoms with Crippen molar-refractivity contribution in [3.8, 4) is 0 Å². The van der Waals surface area contributed by atoms with E-state index >= 15 is 0 Å². The third kappa shape index (κ3) is 8.84. The van der Waals surface area contributed by atoms with Gasteiger partial charge in [-0.2, -0.15) is 0 Å². The molecule has 3 N–H and O–H groups in total. The van der Waals surface area contributed by atoms with Crippen LogP contribution in [0.3, 0.4) is 0 Å². The van der Waals surface area contributed by atoms with Crippen LogP contribution in [-0.2, 0) is 4.79 Å². The van der Waals surface area contributed by atoms with Gasteiger partial charge < -0.3 is 20.9 Å². The second kappa shape index (κ2) is 13.7. The Kier molecular flexibility index (Phi) is 10.7. The highest BCUT2D eigenvalue weighted by Crippen LogP contribution is 2.23. The normalized spacial score (nSPS) is 15.9. The van der Waals surface area contributed by atoms with Crippen molar-refractivity contribution in [1.29, 1.82) is 0 Å². The highest BCUT2D eigenvalue weighted by atomic mass is 35.5. The molecule has 0 saturated carbocycles. The maximum atomic E-state index is 12.5. The predicted octanol–water partition coefficient (Wildman–Crippen LogP) is 6.11. The Hall–Kier alpha value is -2.54. The van der Waals surface area contributed by atoms with Gasteiger partial charge >= 0.3 is 6.03 Å². The highest BCUT2D eigenvalue weighted by molar-refractivity contribution is 6.42. The quantitative estimate of drug-likeness (QED) is 0.256. The minimum atomic E-state index is -0.138. The smallest absolute Gasteiger partial charge is 0.319 e. The van der Waals surface area contributed by atoms with E-state index in [-0.39, 0.29) is 18.0 Å². The van der Waals surface area contributed by atoms with Crippen molar-refractivity contribution >= 4 is 46.9 Å².